The van der Waals surface area contributed by atoms with Crippen LogP contribution >= 0.6 is 0 Å². The Bertz CT molecular complexity index is 1340. The Labute approximate surface area is 196 Å². The van der Waals surface area contributed by atoms with Gasteiger partial charge in [-0.1, -0.05) is 60.7 Å². The molecule has 0 atom stereocenters. The normalized spacial score (nSPS) is 10.8. The SMILES string of the molecule is O=C(Cc1ccc(-n2cnnn2)cc1)NCc1ccccc1-c1ccc(Cn2cccn2)cc1. The van der Waals surface area contributed by atoms with Crippen LogP contribution in [-0.2, 0) is 24.3 Å². The largest absolute Gasteiger partial charge is 0.352 e. The first-order valence-electron chi connectivity index (χ1n) is 11.0. The van der Waals surface area contributed by atoms with Crippen molar-refractivity contribution in [2.75, 3.05) is 0 Å². The fraction of sp³-hybridized carbons (Fsp3) is 0.115. The molecule has 0 aliphatic carbocycles. The predicted molar refractivity (Wildman–Crippen MR) is 128 cm³/mol. The highest BCUT2D eigenvalue weighted by atomic mass is 16.1. The number of hydrogen-bond donors (Lipinski definition) is 1. The Morgan fingerprint density at radius 1 is 0.882 bits per heavy atom. The zero-order chi connectivity index (χ0) is 23.2. The van der Waals surface area contributed by atoms with Crippen molar-refractivity contribution >= 4 is 5.91 Å². The molecule has 0 aliphatic rings. The third-order valence-electron chi connectivity index (χ3n) is 5.58. The third-order valence-corrected chi connectivity index (χ3v) is 5.58. The maximum Gasteiger partial charge on any atom is 0.224 e. The minimum Gasteiger partial charge on any atom is -0.352 e. The summed E-state index contributed by atoms with van der Waals surface area (Å²) in [5.74, 6) is -0.0282. The van der Waals surface area contributed by atoms with E-state index < -0.39 is 0 Å². The molecule has 168 valence electrons. The number of rotatable bonds is 8. The molecule has 2 aromatic heterocycles. The van der Waals surface area contributed by atoms with Crippen molar-refractivity contribution in [2.45, 2.75) is 19.5 Å². The lowest BCUT2D eigenvalue weighted by molar-refractivity contribution is -0.120. The maximum atomic E-state index is 12.6. The minimum absolute atomic E-state index is 0.0282. The number of carbonyl (C=O) groups is 1. The van der Waals surface area contributed by atoms with Gasteiger partial charge in [0.25, 0.3) is 0 Å². The van der Waals surface area contributed by atoms with Gasteiger partial charge in [0.2, 0.25) is 5.91 Å². The Morgan fingerprint density at radius 2 is 1.68 bits per heavy atom. The van der Waals surface area contributed by atoms with Gasteiger partial charge in [0.1, 0.15) is 6.33 Å². The van der Waals surface area contributed by atoms with Crippen molar-refractivity contribution in [1.29, 1.82) is 0 Å². The average Bonchev–Trinajstić information content (AvgIpc) is 3.59. The first kappa shape index (κ1) is 21.3. The zero-order valence-electron chi connectivity index (χ0n) is 18.5. The van der Waals surface area contributed by atoms with Gasteiger partial charge in [0.05, 0.1) is 18.7 Å². The standard InChI is InChI=1S/C26H23N7O/c34-26(16-20-8-12-24(13-9-20)33-19-28-30-31-33)27-17-23-4-1-2-5-25(23)22-10-6-21(7-11-22)18-32-15-3-14-29-32/h1-15,19H,16-18H2,(H,27,34). The van der Waals surface area contributed by atoms with E-state index in [1.807, 2.05) is 59.4 Å². The molecule has 2 heterocycles. The van der Waals surface area contributed by atoms with Gasteiger partial charge in [-0.05, 0) is 56.4 Å². The molecular formula is C26H23N7O. The van der Waals surface area contributed by atoms with E-state index in [0.29, 0.717) is 13.0 Å². The lowest BCUT2D eigenvalue weighted by Gasteiger charge is -2.12. The van der Waals surface area contributed by atoms with E-state index in [4.69, 9.17) is 0 Å². The van der Waals surface area contributed by atoms with Crippen LogP contribution in [-0.4, -0.2) is 35.9 Å². The Hall–Kier alpha value is -4.59. The monoisotopic (exact) mass is 449 g/mol. The van der Waals surface area contributed by atoms with E-state index in [1.54, 1.807) is 10.9 Å². The van der Waals surface area contributed by atoms with Crippen LogP contribution in [0.3, 0.4) is 0 Å². The molecule has 0 radical (unpaired) electrons. The van der Waals surface area contributed by atoms with Crippen LogP contribution in [0.5, 0.6) is 0 Å². The van der Waals surface area contributed by atoms with Crippen molar-refractivity contribution in [3.8, 4) is 16.8 Å². The molecule has 8 nitrogen and oxygen atoms in total. The lowest BCUT2D eigenvalue weighted by Crippen LogP contribution is -2.24. The van der Waals surface area contributed by atoms with Gasteiger partial charge in [-0.25, -0.2) is 4.68 Å². The molecule has 1 N–H and O–H groups in total. The Morgan fingerprint density at radius 3 is 2.41 bits per heavy atom. The predicted octanol–water partition coefficient (Wildman–Crippen LogP) is 3.43. The number of hydrogen-bond acceptors (Lipinski definition) is 5. The molecule has 0 bridgehead atoms. The summed E-state index contributed by atoms with van der Waals surface area (Å²) in [6.07, 6.45) is 5.58. The van der Waals surface area contributed by atoms with Gasteiger partial charge in [-0.2, -0.15) is 5.10 Å². The molecule has 8 heteroatoms. The summed E-state index contributed by atoms with van der Waals surface area (Å²) in [6, 6.07) is 26.1. The average molecular weight is 450 g/mol. The lowest BCUT2D eigenvalue weighted by atomic mass is 9.98. The van der Waals surface area contributed by atoms with E-state index in [1.165, 1.54) is 11.9 Å². The Kier molecular flexibility index (Phi) is 6.20. The van der Waals surface area contributed by atoms with E-state index in [0.717, 1.165) is 34.5 Å². The molecule has 5 aromatic rings. The summed E-state index contributed by atoms with van der Waals surface area (Å²) in [4.78, 5) is 12.6. The van der Waals surface area contributed by atoms with Gasteiger partial charge in [0.15, 0.2) is 0 Å². The second-order valence-electron chi connectivity index (χ2n) is 7.93. The van der Waals surface area contributed by atoms with E-state index in [-0.39, 0.29) is 5.91 Å². The van der Waals surface area contributed by atoms with Crippen LogP contribution in [0.1, 0.15) is 16.7 Å². The number of carbonyl (C=O) groups excluding carboxylic acids is 1. The number of nitrogens with zero attached hydrogens (tertiary/aromatic N) is 6. The van der Waals surface area contributed by atoms with Crippen LogP contribution in [0, 0.1) is 0 Å². The Balaban J connectivity index is 1.21. The first-order valence-corrected chi connectivity index (χ1v) is 11.0. The smallest absolute Gasteiger partial charge is 0.224 e. The quantitative estimate of drug-likeness (QED) is 0.392. The van der Waals surface area contributed by atoms with Crippen LogP contribution in [0.2, 0.25) is 0 Å². The fourth-order valence-corrected chi connectivity index (χ4v) is 3.81. The number of aromatic nitrogens is 6. The van der Waals surface area contributed by atoms with Gasteiger partial charge in [-0.3, -0.25) is 9.48 Å². The highest BCUT2D eigenvalue weighted by Gasteiger charge is 2.09. The molecule has 0 aliphatic heterocycles. The van der Waals surface area contributed by atoms with Crippen molar-refractivity contribution in [3.63, 3.8) is 0 Å². The summed E-state index contributed by atoms with van der Waals surface area (Å²) in [6.45, 7) is 1.20. The molecule has 3 aromatic carbocycles. The summed E-state index contributed by atoms with van der Waals surface area (Å²) in [5.41, 5.74) is 6.26. The van der Waals surface area contributed by atoms with Crippen LogP contribution in [0.15, 0.2) is 97.6 Å². The van der Waals surface area contributed by atoms with Crippen molar-refractivity contribution in [3.05, 3.63) is 114 Å². The molecule has 1 amide bonds. The molecule has 0 saturated carbocycles. The summed E-state index contributed by atoms with van der Waals surface area (Å²) in [7, 11) is 0. The van der Waals surface area contributed by atoms with Gasteiger partial charge in [-0.15, -0.1) is 5.10 Å². The van der Waals surface area contributed by atoms with Crippen molar-refractivity contribution in [1.82, 2.24) is 35.3 Å². The molecule has 0 spiro atoms. The van der Waals surface area contributed by atoms with E-state index >= 15 is 0 Å². The third kappa shape index (κ3) is 5.07. The second-order valence-corrected chi connectivity index (χ2v) is 7.93. The fourth-order valence-electron chi connectivity index (χ4n) is 3.81. The zero-order valence-corrected chi connectivity index (χ0v) is 18.5. The topological polar surface area (TPSA) is 90.5 Å². The number of nitrogens with one attached hydrogen (secondary N) is 1. The molecule has 0 fully saturated rings. The van der Waals surface area contributed by atoms with Crippen LogP contribution in [0.25, 0.3) is 16.8 Å². The number of benzene rings is 3. The maximum absolute atomic E-state index is 12.6. The molecule has 34 heavy (non-hydrogen) atoms. The van der Waals surface area contributed by atoms with Crippen LogP contribution < -0.4 is 5.32 Å². The van der Waals surface area contributed by atoms with Gasteiger partial charge < -0.3 is 5.32 Å². The van der Waals surface area contributed by atoms with Crippen LogP contribution in [0.4, 0.5) is 0 Å². The number of amides is 1. The highest BCUT2D eigenvalue weighted by molar-refractivity contribution is 5.79. The second kappa shape index (κ2) is 9.91. The van der Waals surface area contributed by atoms with Gasteiger partial charge >= 0.3 is 0 Å². The van der Waals surface area contributed by atoms with Gasteiger partial charge in [0, 0.05) is 18.9 Å². The summed E-state index contributed by atoms with van der Waals surface area (Å²) < 4.78 is 3.47. The van der Waals surface area contributed by atoms with E-state index in [2.05, 4.69) is 56.3 Å². The van der Waals surface area contributed by atoms with Crippen molar-refractivity contribution in [2.24, 2.45) is 0 Å². The highest BCUT2D eigenvalue weighted by Crippen LogP contribution is 2.24. The molecule has 5 rings (SSSR count). The summed E-state index contributed by atoms with van der Waals surface area (Å²) >= 11 is 0. The van der Waals surface area contributed by atoms with Crippen molar-refractivity contribution < 1.29 is 4.79 Å². The molecule has 0 saturated heterocycles. The first-order chi connectivity index (χ1) is 16.7. The molecule has 0 unspecified atom stereocenters. The van der Waals surface area contributed by atoms with E-state index in [9.17, 15) is 4.79 Å². The number of tetrazole rings is 1. The molecular weight excluding hydrogens is 426 g/mol. The summed E-state index contributed by atoms with van der Waals surface area (Å²) in [5, 5.41) is 18.5. The minimum atomic E-state index is -0.0282.